The minimum absolute atomic E-state index is 0.322. The molecule has 17 heavy (non-hydrogen) atoms. The fraction of sp³-hybridized carbons (Fsp3) is 0.500. The molecule has 0 saturated heterocycles. The Labute approximate surface area is 118 Å². The summed E-state index contributed by atoms with van der Waals surface area (Å²) in [6.45, 7) is 2.48. The van der Waals surface area contributed by atoms with Crippen LogP contribution in [-0.4, -0.2) is 21.1 Å². The molecule has 0 bridgehead atoms. The van der Waals surface area contributed by atoms with Gasteiger partial charge in [0.2, 0.25) is 0 Å². The highest BCUT2D eigenvalue weighted by Crippen LogP contribution is 2.03. The molecule has 5 heteroatoms. The quantitative estimate of drug-likeness (QED) is 0.635. The zero-order chi connectivity index (χ0) is 13.5. The molecule has 0 unspecified atom stereocenters. The maximum Gasteiger partial charge on any atom is 0.180 e. The van der Waals surface area contributed by atoms with Crippen molar-refractivity contribution >= 4 is 34.8 Å². The molecule has 0 aliphatic rings. The standard InChI is InChI=1S/C6H6O.C5H12O.CHCl3/c7-6-4-2-1-3-5-6;1-2-3-4-5-6;2-1(3)4/h1-5,7H;6H,2-5H2,1H3;1H. The molecule has 0 fully saturated rings. The van der Waals surface area contributed by atoms with Crippen molar-refractivity contribution in [3.63, 3.8) is 0 Å². The highest BCUT2D eigenvalue weighted by molar-refractivity contribution is 6.63. The Bertz CT molecular complexity index is 224. The molecule has 0 radical (unpaired) electrons. The molecule has 0 aliphatic carbocycles. The lowest BCUT2D eigenvalue weighted by molar-refractivity contribution is 0.284. The van der Waals surface area contributed by atoms with Gasteiger partial charge in [-0.1, -0.05) is 72.8 Å². The molecule has 0 atom stereocenters. The number of alkyl halides is 3. The first-order valence-electron chi connectivity index (χ1n) is 5.31. The number of aliphatic hydroxyl groups excluding tert-OH is 1. The van der Waals surface area contributed by atoms with Crippen molar-refractivity contribution in [2.45, 2.75) is 30.5 Å². The van der Waals surface area contributed by atoms with Crippen LogP contribution >= 0.6 is 34.8 Å². The average Bonchev–Trinajstić information content (AvgIpc) is 2.27. The number of aromatic hydroxyl groups is 1. The molecular formula is C12H19Cl3O2. The fourth-order valence-corrected chi connectivity index (χ4v) is 0.790. The Morgan fingerprint density at radius 3 is 1.71 bits per heavy atom. The van der Waals surface area contributed by atoms with Gasteiger partial charge in [-0.05, 0) is 18.6 Å². The number of benzene rings is 1. The van der Waals surface area contributed by atoms with Crippen molar-refractivity contribution in [1.82, 2.24) is 0 Å². The third-order valence-electron chi connectivity index (χ3n) is 1.52. The first-order chi connectivity index (χ1) is 8.04. The van der Waals surface area contributed by atoms with Crippen LogP contribution in [0.15, 0.2) is 30.3 Å². The van der Waals surface area contributed by atoms with Crippen LogP contribution in [0, 0.1) is 0 Å². The van der Waals surface area contributed by atoms with Crippen LogP contribution in [0.3, 0.4) is 0 Å². The Kier molecular flexibility index (Phi) is 17.9. The van der Waals surface area contributed by atoms with Crippen LogP contribution in [0.2, 0.25) is 0 Å². The van der Waals surface area contributed by atoms with Crippen molar-refractivity contribution < 1.29 is 10.2 Å². The topological polar surface area (TPSA) is 40.5 Å². The van der Waals surface area contributed by atoms with Crippen LogP contribution in [-0.2, 0) is 0 Å². The summed E-state index contributed by atoms with van der Waals surface area (Å²) in [7, 11) is 0. The number of aliphatic hydroxyl groups is 1. The highest BCUT2D eigenvalue weighted by Gasteiger charge is 1.79. The van der Waals surface area contributed by atoms with Gasteiger partial charge in [0.25, 0.3) is 0 Å². The van der Waals surface area contributed by atoms with Gasteiger partial charge in [0.15, 0.2) is 4.30 Å². The van der Waals surface area contributed by atoms with Gasteiger partial charge in [-0.25, -0.2) is 0 Å². The molecule has 0 saturated carbocycles. The molecule has 1 rings (SSSR count). The van der Waals surface area contributed by atoms with Crippen LogP contribution in [0.5, 0.6) is 5.75 Å². The van der Waals surface area contributed by atoms with Crippen molar-refractivity contribution in [2.24, 2.45) is 0 Å². The molecule has 1 aromatic rings. The van der Waals surface area contributed by atoms with E-state index < -0.39 is 4.30 Å². The van der Waals surface area contributed by atoms with E-state index in [0.29, 0.717) is 12.4 Å². The second kappa shape index (κ2) is 15.9. The van der Waals surface area contributed by atoms with E-state index in [1.54, 1.807) is 24.3 Å². The Balaban J connectivity index is 0. The second-order valence-electron chi connectivity index (χ2n) is 3.01. The summed E-state index contributed by atoms with van der Waals surface area (Å²) in [6, 6.07) is 8.71. The van der Waals surface area contributed by atoms with Crippen LogP contribution in [0.1, 0.15) is 26.2 Å². The van der Waals surface area contributed by atoms with Crippen molar-refractivity contribution in [1.29, 1.82) is 0 Å². The summed E-state index contributed by atoms with van der Waals surface area (Å²) in [6.07, 6.45) is 3.33. The summed E-state index contributed by atoms with van der Waals surface area (Å²) >= 11 is 14.4. The van der Waals surface area contributed by atoms with Crippen molar-refractivity contribution in [3.05, 3.63) is 30.3 Å². The summed E-state index contributed by atoms with van der Waals surface area (Å²) in [5, 5.41) is 16.8. The maximum atomic E-state index is 8.63. The largest absolute Gasteiger partial charge is 0.508 e. The molecular weight excluding hydrogens is 282 g/mol. The molecule has 100 valence electrons. The molecule has 0 aromatic heterocycles. The third kappa shape index (κ3) is 25.8. The highest BCUT2D eigenvalue weighted by atomic mass is 35.6. The predicted molar refractivity (Wildman–Crippen MR) is 76.1 cm³/mol. The average molecular weight is 302 g/mol. The van der Waals surface area contributed by atoms with E-state index in [-0.39, 0.29) is 0 Å². The number of hydrogen-bond acceptors (Lipinski definition) is 2. The lowest BCUT2D eigenvalue weighted by atomic mass is 10.3. The van der Waals surface area contributed by atoms with Crippen LogP contribution in [0.4, 0.5) is 0 Å². The van der Waals surface area contributed by atoms with E-state index in [4.69, 9.17) is 45.0 Å². The summed E-state index contributed by atoms with van der Waals surface area (Å²) < 4.78 is -0.750. The van der Waals surface area contributed by atoms with Gasteiger partial charge in [0.1, 0.15) is 5.75 Å². The normalized spacial score (nSPS) is 8.82. The monoisotopic (exact) mass is 300 g/mol. The molecule has 1 aromatic carbocycles. The number of rotatable bonds is 3. The van der Waals surface area contributed by atoms with Crippen LogP contribution < -0.4 is 0 Å². The predicted octanol–water partition coefficient (Wildman–Crippen LogP) is 4.55. The SMILES string of the molecule is CCCCCO.ClC(Cl)Cl.Oc1ccccc1. The van der Waals surface area contributed by atoms with Gasteiger partial charge < -0.3 is 10.2 Å². The molecule has 2 N–H and O–H groups in total. The summed E-state index contributed by atoms with van der Waals surface area (Å²) in [5.41, 5.74) is 0. The zero-order valence-electron chi connectivity index (χ0n) is 9.82. The Morgan fingerprint density at radius 1 is 1.06 bits per heavy atom. The number of para-hydroxylation sites is 1. The number of phenols is 1. The number of hydrogen-bond donors (Lipinski definition) is 2. The fourth-order valence-electron chi connectivity index (χ4n) is 0.790. The minimum Gasteiger partial charge on any atom is -0.508 e. The van der Waals surface area contributed by atoms with Gasteiger partial charge in [-0.2, -0.15) is 0 Å². The van der Waals surface area contributed by atoms with Gasteiger partial charge in [-0.3, -0.25) is 0 Å². The van der Waals surface area contributed by atoms with Crippen molar-refractivity contribution in [3.8, 4) is 5.75 Å². The Hall–Kier alpha value is -0.150. The molecule has 0 aliphatic heterocycles. The molecule has 2 nitrogen and oxygen atoms in total. The van der Waals surface area contributed by atoms with E-state index in [2.05, 4.69) is 6.92 Å². The Morgan fingerprint density at radius 2 is 1.53 bits per heavy atom. The summed E-state index contributed by atoms with van der Waals surface area (Å²) in [4.78, 5) is 0. The molecule has 0 heterocycles. The van der Waals surface area contributed by atoms with Gasteiger partial charge in [0.05, 0.1) is 0 Å². The van der Waals surface area contributed by atoms with Gasteiger partial charge in [-0.15, -0.1) is 0 Å². The zero-order valence-corrected chi connectivity index (χ0v) is 12.1. The smallest absolute Gasteiger partial charge is 0.180 e. The van der Waals surface area contributed by atoms with E-state index in [9.17, 15) is 0 Å². The van der Waals surface area contributed by atoms with Crippen LogP contribution in [0.25, 0.3) is 0 Å². The van der Waals surface area contributed by atoms with Gasteiger partial charge in [0, 0.05) is 6.61 Å². The van der Waals surface area contributed by atoms with Gasteiger partial charge >= 0.3 is 0 Å². The number of phenolic OH excluding ortho intramolecular Hbond substituents is 1. The van der Waals surface area contributed by atoms with E-state index in [1.807, 2.05) is 6.07 Å². The maximum absolute atomic E-state index is 8.63. The first kappa shape index (κ1) is 19.2. The summed E-state index contributed by atoms with van der Waals surface area (Å²) in [5.74, 6) is 0.322. The van der Waals surface area contributed by atoms with E-state index in [1.165, 1.54) is 6.42 Å². The molecule has 0 amide bonds. The molecule has 0 spiro atoms. The van der Waals surface area contributed by atoms with E-state index in [0.717, 1.165) is 12.8 Å². The lowest BCUT2D eigenvalue weighted by Gasteiger charge is -1.85. The lowest BCUT2D eigenvalue weighted by Crippen LogP contribution is -1.78. The minimum atomic E-state index is -0.750. The number of unbranched alkanes of at least 4 members (excludes halogenated alkanes) is 2. The van der Waals surface area contributed by atoms with E-state index >= 15 is 0 Å². The first-order valence-corrected chi connectivity index (χ1v) is 6.62. The van der Waals surface area contributed by atoms with Crippen molar-refractivity contribution in [2.75, 3.05) is 6.61 Å². The second-order valence-corrected chi connectivity index (χ2v) is 4.99. The third-order valence-corrected chi connectivity index (χ3v) is 1.52. The number of halogens is 3.